The number of halogens is 3. The third kappa shape index (κ3) is 6.74. The van der Waals surface area contributed by atoms with Gasteiger partial charge in [0.15, 0.2) is 5.96 Å². The van der Waals surface area contributed by atoms with E-state index in [0.717, 1.165) is 0 Å². The zero-order valence-electron chi connectivity index (χ0n) is 21.7. The van der Waals surface area contributed by atoms with Crippen LogP contribution < -0.4 is 26.0 Å². The molecule has 214 valence electrons. The number of benzene rings is 2. The molecule has 0 spiro atoms. The number of carbonyl (C=O) groups excluding carboxylic acids is 2. The van der Waals surface area contributed by atoms with Crippen molar-refractivity contribution in [2.24, 2.45) is 4.99 Å². The van der Waals surface area contributed by atoms with Gasteiger partial charge in [-0.2, -0.15) is 19.0 Å². The van der Waals surface area contributed by atoms with Gasteiger partial charge in [0.2, 0.25) is 5.91 Å². The van der Waals surface area contributed by atoms with E-state index in [9.17, 15) is 22.8 Å². The number of nitrogens with zero attached hydrogens (tertiary/aromatic N) is 4. The van der Waals surface area contributed by atoms with Gasteiger partial charge in [-0.1, -0.05) is 0 Å². The molecule has 0 saturated carbocycles. The molecule has 2 aromatic carbocycles. The summed E-state index contributed by atoms with van der Waals surface area (Å²) in [6, 6.07) is 8.72. The molecular weight excluding hydrogens is 543 g/mol. The van der Waals surface area contributed by atoms with E-state index in [1.807, 2.05) is 0 Å². The normalized spacial score (nSPS) is 15.6. The Hall–Kier alpha value is -5.08. The molecular formula is C26H26F3N9O3. The highest BCUT2D eigenvalue weighted by molar-refractivity contribution is 6.07. The summed E-state index contributed by atoms with van der Waals surface area (Å²) >= 11 is 0. The maximum absolute atomic E-state index is 13.4. The number of anilines is 1. The van der Waals surface area contributed by atoms with Crippen LogP contribution in [0.1, 0.15) is 28.9 Å². The number of rotatable bonds is 9. The molecule has 4 aromatic rings. The van der Waals surface area contributed by atoms with Crippen LogP contribution >= 0.6 is 0 Å². The summed E-state index contributed by atoms with van der Waals surface area (Å²) in [6.07, 6.45) is 3.69. The van der Waals surface area contributed by atoms with Crippen molar-refractivity contribution in [3.63, 3.8) is 0 Å². The number of H-pyrrole nitrogens is 1. The van der Waals surface area contributed by atoms with Crippen LogP contribution in [0.4, 0.5) is 18.9 Å². The zero-order valence-corrected chi connectivity index (χ0v) is 21.7. The highest BCUT2D eigenvalue weighted by Gasteiger charge is 2.18. The Labute approximate surface area is 231 Å². The summed E-state index contributed by atoms with van der Waals surface area (Å²) in [5.74, 6) is -0.752. The van der Waals surface area contributed by atoms with E-state index in [1.165, 1.54) is 16.8 Å². The van der Waals surface area contributed by atoms with Gasteiger partial charge in [-0.15, -0.1) is 0 Å². The average molecular weight is 570 g/mol. The molecule has 2 atom stereocenters. The Balaban J connectivity index is 1.24. The second-order valence-electron chi connectivity index (χ2n) is 9.21. The van der Waals surface area contributed by atoms with Crippen molar-refractivity contribution in [3.05, 3.63) is 66.1 Å². The Morgan fingerprint density at radius 3 is 2.80 bits per heavy atom. The van der Waals surface area contributed by atoms with E-state index in [4.69, 9.17) is 0 Å². The van der Waals surface area contributed by atoms with Crippen LogP contribution in [0.15, 0.2) is 60.0 Å². The Kier molecular flexibility index (Phi) is 8.03. The monoisotopic (exact) mass is 569 g/mol. The predicted octanol–water partition coefficient (Wildman–Crippen LogP) is 2.67. The van der Waals surface area contributed by atoms with E-state index in [1.54, 1.807) is 49.8 Å². The number of alkyl halides is 3. The van der Waals surface area contributed by atoms with Gasteiger partial charge in [0, 0.05) is 29.4 Å². The van der Waals surface area contributed by atoms with Crippen molar-refractivity contribution in [2.75, 3.05) is 25.0 Å². The SMILES string of the molecule is CC(NC(=O)CNC(=O)c1cc(NC2=NCC(F)CN2)c2cn[nH]c2c1)c1cc(OC(F)F)cc(-n2cccn2)c1. The number of nitrogens with one attached hydrogen (secondary N) is 5. The predicted molar refractivity (Wildman–Crippen MR) is 144 cm³/mol. The third-order valence-corrected chi connectivity index (χ3v) is 6.21. The first kappa shape index (κ1) is 27.5. The molecule has 1 aliphatic heterocycles. The number of hydrogen-bond acceptors (Lipinski definition) is 8. The zero-order chi connectivity index (χ0) is 28.9. The highest BCUT2D eigenvalue weighted by atomic mass is 19.3. The van der Waals surface area contributed by atoms with E-state index in [-0.39, 0.29) is 30.9 Å². The van der Waals surface area contributed by atoms with Crippen molar-refractivity contribution in [1.82, 2.24) is 35.9 Å². The molecule has 3 heterocycles. The molecule has 15 heteroatoms. The van der Waals surface area contributed by atoms with Gasteiger partial charge in [-0.25, -0.2) is 14.1 Å². The molecule has 0 saturated heterocycles. The minimum Gasteiger partial charge on any atom is -0.435 e. The summed E-state index contributed by atoms with van der Waals surface area (Å²) in [4.78, 5) is 29.7. The van der Waals surface area contributed by atoms with Crippen molar-refractivity contribution in [2.45, 2.75) is 25.7 Å². The smallest absolute Gasteiger partial charge is 0.387 e. The van der Waals surface area contributed by atoms with Crippen LogP contribution in [0.2, 0.25) is 0 Å². The van der Waals surface area contributed by atoms with E-state index in [0.29, 0.717) is 33.8 Å². The summed E-state index contributed by atoms with van der Waals surface area (Å²) in [7, 11) is 0. The fourth-order valence-electron chi connectivity index (χ4n) is 4.23. The minimum atomic E-state index is -3.03. The lowest BCUT2D eigenvalue weighted by molar-refractivity contribution is -0.120. The van der Waals surface area contributed by atoms with Crippen LogP contribution in [0.5, 0.6) is 5.75 Å². The molecule has 0 fully saturated rings. The summed E-state index contributed by atoms with van der Waals surface area (Å²) < 4.78 is 45.2. The quantitative estimate of drug-likeness (QED) is 0.208. The number of amides is 2. The van der Waals surface area contributed by atoms with Gasteiger partial charge in [-0.3, -0.25) is 14.7 Å². The third-order valence-electron chi connectivity index (χ3n) is 6.21. The van der Waals surface area contributed by atoms with Gasteiger partial charge in [0.05, 0.1) is 48.8 Å². The maximum Gasteiger partial charge on any atom is 0.387 e. The van der Waals surface area contributed by atoms with Crippen LogP contribution in [-0.4, -0.2) is 70.2 Å². The topological polar surface area (TPSA) is 150 Å². The lowest BCUT2D eigenvalue weighted by Gasteiger charge is -2.19. The largest absolute Gasteiger partial charge is 0.435 e. The first-order chi connectivity index (χ1) is 19.7. The molecule has 0 radical (unpaired) electrons. The average Bonchev–Trinajstić information content (AvgIpc) is 3.65. The number of ether oxygens (including phenoxy) is 1. The first-order valence-corrected chi connectivity index (χ1v) is 12.6. The molecule has 5 rings (SSSR count). The number of aliphatic imine (C=N–C) groups is 1. The standard InChI is InChI=1S/C26H26F3N9O3/c1-14(15-5-18(38-4-2-3-34-38)9-19(6-15)41-25(28)29)35-23(39)13-30-24(40)16-7-21(20-12-33-37-22(20)8-16)36-26-31-10-17(27)11-32-26/h2-9,12,14,17,25H,10-11,13H2,1H3,(H,30,40)(H,33,37)(H,35,39)(H2,31,32,36). The van der Waals surface area contributed by atoms with Crippen molar-refractivity contribution >= 4 is 34.4 Å². The summed E-state index contributed by atoms with van der Waals surface area (Å²) in [5, 5.41) is 22.8. The Bertz CT molecular complexity index is 1570. The van der Waals surface area contributed by atoms with Crippen LogP contribution in [-0.2, 0) is 4.79 Å². The van der Waals surface area contributed by atoms with E-state index in [2.05, 4.69) is 46.3 Å². The lowest BCUT2D eigenvalue weighted by atomic mass is 10.1. The molecule has 5 N–H and O–H groups in total. The lowest BCUT2D eigenvalue weighted by Crippen LogP contribution is -2.41. The maximum atomic E-state index is 13.4. The van der Waals surface area contributed by atoms with Gasteiger partial charge in [0.25, 0.3) is 5.91 Å². The van der Waals surface area contributed by atoms with Crippen LogP contribution in [0.25, 0.3) is 16.6 Å². The summed E-state index contributed by atoms with van der Waals surface area (Å²) in [6.45, 7) is -1.57. The number of hydrogen-bond donors (Lipinski definition) is 5. The first-order valence-electron chi connectivity index (χ1n) is 12.6. The molecule has 41 heavy (non-hydrogen) atoms. The van der Waals surface area contributed by atoms with Gasteiger partial charge in [0.1, 0.15) is 11.9 Å². The second-order valence-corrected chi connectivity index (χ2v) is 9.21. The van der Waals surface area contributed by atoms with Gasteiger partial charge < -0.3 is 26.0 Å². The fourth-order valence-corrected chi connectivity index (χ4v) is 4.23. The summed E-state index contributed by atoms with van der Waals surface area (Å²) in [5.41, 5.74) is 2.28. The highest BCUT2D eigenvalue weighted by Crippen LogP contribution is 2.26. The molecule has 12 nitrogen and oxygen atoms in total. The molecule has 0 bridgehead atoms. The second kappa shape index (κ2) is 12.0. The van der Waals surface area contributed by atoms with Crippen LogP contribution in [0, 0.1) is 0 Å². The van der Waals surface area contributed by atoms with Gasteiger partial charge in [-0.05, 0) is 42.8 Å². The molecule has 1 aliphatic rings. The molecule has 2 unspecified atom stereocenters. The van der Waals surface area contributed by atoms with Crippen molar-refractivity contribution in [3.8, 4) is 11.4 Å². The Morgan fingerprint density at radius 2 is 2.07 bits per heavy atom. The minimum absolute atomic E-state index is 0.0195. The van der Waals surface area contributed by atoms with E-state index >= 15 is 0 Å². The molecule has 2 amide bonds. The number of carbonyl (C=O) groups is 2. The molecule has 0 aliphatic carbocycles. The number of guanidine groups is 1. The van der Waals surface area contributed by atoms with Crippen molar-refractivity contribution < 1.29 is 27.5 Å². The van der Waals surface area contributed by atoms with E-state index < -0.39 is 30.6 Å². The van der Waals surface area contributed by atoms with Crippen LogP contribution in [0.3, 0.4) is 0 Å². The Morgan fingerprint density at radius 1 is 1.22 bits per heavy atom. The number of aromatic nitrogens is 4. The van der Waals surface area contributed by atoms with Gasteiger partial charge >= 0.3 is 6.61 Å². The fraction of sp³-hybridized carbons (Fsp3) is 0.269. The molecule has 2 aromatic heterocycles. The van der Waals surface area contributed by atoms with Crippen molar-refractivity contribution in [1.29, 1.82) is 0 Å². The number of fused-ring (bicyclic) bond motifs is 1. The number of aromatic amines is 1.